The van der Waals surface area contributed by atoms with Crippen molar-refractivity contribution >= 4 is 33.0 Å². The van der Waals surface area contributed by atoms with E-state index in [4.69, 9.17) is 20.8 Å². The zero-order valence-corrected chi connectivity index (χ0v) is 19.4. The highest BCUT2D eigenvalue weighted by Gasteiger charge is 2.22. The molecule has 4 rings (SSSR count). The first kappa shape index (κ1) is 22.6. The molecule has 1 atom stereocenters. The number of aromatic nitrogens is 2. The second-order valence-corrected chi connectivity index (χ2v) is 9.24. The van der Waals surface area contributed by atoms with Gasteiger partial charge in [-0.1, -0.05) is 29.8 Å². The molecule has 0 aliphatic rings. The molecular formula is C23H21ClN4O4S. The quantitative estimate of drug-likeness (QED) is 0.346. The van der Waals surface area contributed by atoms with Crippen molar-refractivity contribution in [2.75, 3.05) is 17.1 Å². The first-order valence-corrected chi connectivity index (χ1v) is 11.8. The van der Waals surface area contributed by atoms with E-state index >= 15 is 0 Å². The number of nitrogens with zero attached hydrogens (tertiary/aromatic N) is 2. The van der Waals surface area contributed by atoms with Crippen molar-refractivity contribution in [3.8, 4) is 17.2 Å². The van der Waals surface area contributed by atoms with Gasteiger partial charge in [0.05, 0.1) is 7.11 Å². The number of benzene rings is 3. The van der Waals surface area contributed by atoms with Gasteiger partial charge in [-0.3, -0.25) is 4.72 Å². The first-order valence-electron chi connectivity index (χ1n) is 9.97. The molecule has 3 aromatic carbocycles. The summed E-state index contributed by atoms with van der Waals surface area (Å²) in [6.07, 6.45) is 0. The standard InChI is InChI=1S/C23H21ClN4O4S/c1-15(22-26-27-23(32-22)16-6-4-3-5-7-16)25-19-12-13-20(31-2)21(14-19)33(29,30)28-18-10-8-17(24)9-11-18/h3-15,25,28H,1-2H3. The smallest absolute Gasteiger partial charge is 0.265 e. The average Bonchev–Trinajstić information content (AvgIpc) is 3.32. The summed E-state index contributed by atoms with van der Waals surface area (Å²) in [5.74, 6) is 0.983. The normalized spacial score (nSPS) is 12.2. The average molecular weight is 485 g/mol. The van der Waals surface area contributed by atoms with Gasteiger partial charge in [-0.2, -0.15) is 0 Å². The number of rotatable bonds is 8. The summed E-state index contributed by atoms with van der Waals surface area (Å²) in [5, 5.41) is 11.9. The molecule has 1 aromatic heterocycles. The third-order valence-corrected chi connectivity index (χ3v) is 6.42. The van der Waals surface area contributed by atoms with Crippen molar-refractivity contribution in [1.82, 2.24) is 10.2 Å². The lowest BCUT2D eigenvalue weighted by atomic mass is 10.2. The van der Waals surface area contributed by atoms with Gasteiger partial charge < -0.3 is 14.5 Å². The number of sulfonamides is 1. The highest BCUT2D eigenvalue weighted by molar-refractivity contribution is 7.92. The summed E-state index contributed by atoms with van der Waals surface area (Å²) in [5.41, 5.74) is 1.74. The van der Waals surface area contributed by atoms with Gasteiger partial charge in [-0.05, 0) is 61.5 Å². The van der Waals surface area contributed by atoms with Gasteiger partial charge in [0.2, 0.25) is 11.8 Å². The number of methoxy groups -OCH3 is 1. The van der Waals surface area contributed by atoms with Crippen molar-refractivity contribution < 1.29 is 17.6 Å². The van der Waals surface area contributed by atoms with Crippen LogP contribution >= 0.6 is 11.6 Å². The zero-order valence-electron chi connectivity index (χ0n) is 17.8. The summed E-state index contributed by atoms with van der Waals surface area (Å²) in [7, 11) is -2.52. The van der Waals surface area contributed by atoms with Crippen molar-refractivity contribution in [3.63, 3.8) is 0 Å². The van der Waals surface area contributed by atoms with Crippen LogP contribution in [0, 0.1) is 0 Å². The second kappa shape index (κ2) is 9.51. The van der Waals surface area contributed by atoms with E-state index in [9.17, 15) is 8.42 Å². The fourth-order valence-electron chi connectivity index (χ4n) is 3.12. The third kappa shape index (κ3) is 5.27. The minimum Gasteiger partial charge on any atom is -0.495 e. The molecule has 8 nitrogen and oxygen atoms in total. The molecule has 0 aliphatic heterocycles. The monoisotopic (exact) mass is 484 g/mol. The van der Waals surface area contributed by atoms with Crippen LogP contribution in [0.2, 0.25) is 5.02 Å². The topological polar surface area (TPSA) is 106 Å². The van der Waals surface area contributed by atoms with Gasteiger partial charge in [0.15, 0.2) is 0 Å². The van der Waals surface area contributed by atoms with Crippen molar-refractivity contribution in [1.29, 1.82) is 0 Å². The van der Waals surface area contributed by atoms with Gasteiger partial charge in [-0.15, -0.1) is 10.2 Å². The van der Waals surface area contributed by atoms with E-state index in [2.05, 4.69) is 20.2 Å². The highest BCUT2D eigenvalue weighted by atomic mass is 35.5. The summed E-state index contributed by atoms with van der Waals surface area (Å²) >= 11 is 5.88. The van der Waals surface area contributed by atoms with E-state index in [-0.39, 0.29) is 16.7 Å². The van der Waals surface area contributed by atoms with E-state index in [1.807, 2.05) is 37.3 Å². The minimum atomic E-state index is -3.93. The van der Waals surface area contributed by atoms with E-state index in [1.54, 1.807) is 36.4 Å². The Kier molecular flexibility index (Phi) is 6.52. The number of anilines is 2. The number of hydrogen-bond donors (Lipinski definition) is 2. The Morgan fingerprint density at radius 2 is 1.67 bits per heavy atom. The molecule has 2 N–H and O–H groups in total. The fraction of sp³-hybridized carbons (Fsp3) is 0.130. The first-order chi connectivity index (χ1) is 15.9. The number of halogens is 1. The molecule has 0 saturated carbocycles. The Labute approximate surface area is 196 Å². The van der Waals surface area contributed by atoms with Crippen LogP contribution in [-0.4, -0.2) is 25.7 Å². The van der Waals surface area contributed by atoms with Gasteiger partial charge >= 0.3 is 0 Å². The van der Waals surface area contributed by atoms with Crippen molar-refractivity contribution in [2.45, 2.75) is 17.9 Å². The van der Waals surface area contributed by atoms with Gasteiger partial charge in [-0.25, -0.2) is 8.42 Å². The molecule has 170 valence electrons. The lowest BCUT2D eigenvalue weighted by Gasteiger charge is -2.16. The molecule has 0 bridgehead atoms. The molecule has 0 aliphatic carbocycles. The van der Waals surface area contributed by atoms with Crippen LogP contribution in [0.1, 0.15) is 18.9 Å². The number of hydrogen-bond acceptors (Lipinski definition) is 7. The summed E-state index contributed by atoms with van der Waals surface area (Å²) in [6.45, 7) is 1.84. The van der Waals surface area contributed by atoms with Crippen LogP contribution in [-0.2, 0) is 10.0 Å². The zero-order chi connectivity index (χ0) is 23.4. The maximum atomic E-state index is 13.0. The summed E-state index contributed by atoms with van der Waals surface area (Å²) in [4.78, 5) is -0.0207. The molecular weight excluding hydrogens is 464 g/mol. The van der Waals surface area contributed by atoms with Crippen LogP contribution in [0.25, 0.3) is 11.5 Å². The van der Waals surface area contributed by atoms with Crippen molar-refractivity contribution in [2.24, 2.45) is 0 Å². The molecule has 0 radical (unpaired) electrons. The predicted molar refractivity (Wildman–Crippen MR) is 127 cm³/mol. The summed E-state index contributed by atoms with van der Waals surface area (Å²) in [6, 6.07) is 20.2. The lowest BCUT2D eigenvalue weighted by molar-refractivity contribution is 0.403. The van der Waals surface area contributed by atoms with Crippen LogP contribution in [0.5, 0.6) is 5.75 Å². The number of ether oxygens (including phenoxy) is 1. The largest absolute Gasteiger partial charge is 0.495 e. The SMILES string of the molecule is COc1ccc(NC(C)c2nnc(-c3ccccc3)o2)cc1S(=O)(=O)Nc1ccc(Cl)cc1. The Morgan fingerprint density at radius 1 is 0.970 bits per heavy atom. The van der Waals surface area contributed by atoms with Crippen LogP contribution < -0.4 is 14.8 Å². The Hall–Kier alpha value is -3.56. The van der Waals surface area contributed by atoms with Crippen LogP contribution in [0.3, 0.4) is 0 Å². The molecule has 1 unspecified atom stereocenters. The Morgan fingerprint density at radius 3 is 2.36 bits per heavy atom. The summed E-state index contributed by atoms with van der Waals surface area (Å²) < 4.78 is 39.7. The van der Waals surface area contributed by atoms with Crippen LogP contribution in [0.4, 0.5) is 11.4 Å². The molecule has 4 aromatic rings. The maximum Gasteiger partial charge on any atom is 0.265 e. The van der Waals surface area contributed by atoms with E-state index < -0.39 is 10.0 Å². The molecule has 0 fully saturated rings. The van der Waals surface area contributed by atoms with Crippen LogP contribution in [0.15, 0.2) is 82.1 Å². The third-order valence-electron chi connectivity index (χ3n) is 4.76. The van der Waals surface area contributed by atoms with Gasteiger partial charge in [0.25, 0.3) is 10.0 Å². The second-order valence-electron chi connectivity index (χ2n) is 7.16. The van der Waals surface area contributed by atoms with E-state index in [1.165, 1.54) is 13.2 Å². The molecule has 1 heterocycles. The van der Waals surface area contributed by atoms with Gasteiger partial charge in [0, 0.05) is 22.0 Å². The molecule has 0 spiro atoms. The maximum absolute atomic E-state index is 13.0. The Bertz CT molecular complexity index is 1340. The highest BCUT2D eigenvalue weighted by Crippen LogP contribution is 2.31. The van der Waals surface area contributed by atoms with Crippen molar-refractivity contribution in [3.05, 3.63) is 83.7 Å². The van der Waals surface area contributed by atoms with E-state index in [0.29, 0.717) is 28.2 Å². The number of nitrogens with one attached hydrogen (secondary N) is 2. The molecule has 0 amide bonds. The predicted octanol–water partition coefficient (Wildman–Crippen LogP) is 5.37. The molecule has 0 saturated heterocycles. The molecule has 10 heteroatoms. The Balaban J connectivity index is 1.56. The minimum absolute atomic E-state index is 0.0207. The fourth-order valence-corrected chi connectivity index (χ4v) is 4.50. The lowest BCUT2D eigenvalue weighted by Crippen LogP contribution is -2.15. The van der Waals surface area contributed by atoms with E-state index in [0.717, 1.165) is 5.56 Å². The molecule has 33 heavy (non-hydrogen) atoms. The van der Waals surface area contributed by atoms with Gasteiger partial charge in [0.1, 0.15) is 16.7 Å².